The van der Waals surface area contributed by atoms with Crippen LogP contribution in [0.15, 0.2) is 48.5 Å². The summed E-state index contributed by atoms with van der Waals surface area (Å²) in [7, 11) is 0. The molecule has 0 aromatic heterocycles. The van der Waals surface area contributed by atoms with Gasteiger partial charge in [-0.1, -0.05) is 61.9 Å². The zero-order valence-electron chi connectivity index (χ0n) is 16.6. The highest BCUT2D eigenvalue weighted by atomic mass is 16.6. The summed E-state index contributed by atoms with van der Waals surface area (Å²) in [6.07, 6.45) is 6.96. The van der Waals surface area contributed by atoms with Crippen molar-refractivity contribution in [1.82, 2.24) is 4.90 Å². The predicted molar refractivity (Wildman–Crippen MR) is 111 cm³/mol. The van der Waals surface area contributed by atoms with E-state index in [-0.39, 0.29) is 12.0 Å². The molecule has 5 rings (SSSR count). The monoisotopic (exact) mass is 375 g/mol. The van der Waals surface area contributed by atoms with Crippen molar-refractivity contribution in [3.8, 4) is 11.1 Å². The second-order valence-electron chi connectivity index (χ2n) is 8.70. The van der Waals surface area contributed by atoms with Gasteiger partial charge in [0.05, 0.1) is 0 Å². The summed E-state index contributed by atoms with van der Waals surface area (Å²) < 4.78 is 5.97. The first-order chi connectivity index (χ1) is 13.8. The van der Waals surface area contributed by atoms with Gasteiger partial charge in [-0.25, -0.2) is 4.79 Å². The zero-order chi connectivity index (χ0) is 19.1. The van der Waals surface area contributed by atoms with Crippen LogP contribution in [0.4, 0.5) is 4.79 Å². The lowest BCUT2D eigenvalue weighted by Gasteiger charge is -2.48. The van der Waals surface area contributed by atoms with Crippen LogP contribution >= 0.6 is 0 Å². The van der Waals surface area contributed by atoms with Crippen molar-refractivity contribution in [1.29, 1.82) is 0 Å². The van der Waals surface area contributed by atoms with Crippen molar-refractivity contribution in [2.75, 3.05) is 6.61 Å². The van der Waals surface area contributed by atoms with E-state index in [1.54, 1.807) is 0 Å². The Bertz CT molecular complexity index is 817. The summed E-state index contributed by atoms with van der Waals surface area (Å²) >= 11 is 0. The van der Waals surface area contributed by atoms with Crippen molar-refractivity contribution in [3.63, 3.8) is 0 Å². The maximum atomic E-state index is 13.1. The first kappa shape index (κ1) is 17.8. The highest BCUT2D eigenvalue weighted by molar-refractivity contribution is 5.79. The molecule has 2 atom stereocenters. The van der Waals surface area contributed by atoms with Crippen molar-refractivity contribution >= 4 is 6.09 Å². The minimum Gasteiger partial charge on any atom is -0.448 e. The summed E-state index contributed by atoms with van der Waals surface area (Å²) in [6, 6.07) is 17.8. The third-order valence-corrected chi connectivity index (χ3v) is 7.20. The van der Waals surface area contributed by atoms with Crippen LogP contribution in [0, 0.1) is 5.92 Å². The molecule has 3 heteroatoms. The molecule has 0 saturated carbocycles. The van der Waals surface area contributed by atoms with Gasteiger partial charge in [0, 0.05) is 18.0 Å². The Labute approximate surface area is 167 Å². The van der Waals surface area contributed by atoms with E-state index in [9.17, 15) is 4.79 Å². The summed E-state index contributed by atoms with van der Waals surface area (Å²) in [5.74, 6) is 0.914. The molecule has 28 heavy (non-hydrogen) atoms. The molecule has 0 spiro atoms. The van der Waals surface area contributed by atoms with E-state index in [0.717, 1.165) is 31.6 Å². The van der Waals surface area contributed by atoms with Crippen molar-refractivity contribution in [3.05, 3.63) is 59.7 Å². The number of ether oxygens (including phenoxy) is 1. The van der Waals surface area contributed by atoms with Gasteiger partial charge in [0.25, 0.3) is 0 Å². The number of benzene rings is 2. The predicted octanol–water partition coefficient (Wildman–Crippen LogP) is 5.98. The molecule has 0 radical (unpaired) electrons. The van der Waals surface area contributed by atoms with Gasteiger partial charge in [0.1, 0.15) is 6.61 Å². The molecule has 2 unspecified atom stereocenters. The van der Waals surface area contributed by atoms with Gasteiger partial charge in [0.2, 0.25) is 0 Å². The normalized spacial score (nSPS) is 25.9. The summed E-state index contributed by atoms with van der Waals surface area (Å²) in [5, 5.41) is 0. The smallest absolute Gasteiger partial charge is 0.410 e. The maximum absolute atomic E-state index is 13.1. The molecule has 2 aliphatic heterocycles. The molecule has 1 aliphatic carbocycles. The van der Waals surface area contributed by atoms with Gasteiger partial charge in [-0.2, -0.15) is 0 Å². The molecule has 2 aromatic carbocycles. The maximum Gasteiger partial charge on any atom is 0.410 e. The average molecular weight is 376 g/mol. The fourth-order valence-corrected chi connectivity index (χ4v) is 5.79. The van der Waals surface area contributed by atoms with Crippen molar-refractivity contribution in [2.45, 2.75) is 63.5 Å². The highest BCUT2D eigenvalue weighted by Gasteiger charge is 2.41. The Hall–Kier alpha value is -2.29. The number of nitrogens with zero attached hydrogens (tertiary/aromatic N) is 1. The van der Waals surface area contributed by atoms with Gasteiger partial charge < -0.3 is 9.64 Å². The van der Waals surface area contributed by atoms with Crippen molar-refractivity contribution < 1.29 is 9.53 Å². The lowest BCUT2D eigenvalue weighted by atomic mass is 9.78. The number of hydrogen-bond acceptors (Lipinski definition) is 2. The molecular weight excluding hydrogens is 346 g/mol. The van der Waals surface area contributed by atoms with E-state index in [2.05, 4.69) is 60.4 Å². The number of rotatable bonds is 3. The van der Waals surface area contributed by atoms with Crippen LogP contribution in [0.1, 0.15) is 62.5 Å². The standard InChI is InChI=1S/C25H29NO2/c1-2-17-14-18-8-7-9-19(15-17)26(18)25(27)28-16-24-22-12-5-3-10-20(22)21-11-4-6-13-23(21)24/h3-6,10-13,17-19,24H,2,7-9,14-16H2,1H3. The second kappa shape index (κ2) is 7.27. The van der Waals surface area contributed by atoms with Crippen LogP contribution in [0.5, 0.6) is 0 Å². The molecule has 1 amide bonds. The lowest BCUT2D eigenvalue weighted by Crippen LogP contribution is -2.54. The summed E-state index contributed by atoms with van der Waals surface area (Å²) in [6.45, 7) is 2.71. The van der Waals surface area contributed by atoms with E-state index in [0.29, 0.717) is 18.7 Å². The molecule has 2 saturated heterocycles. The minimum atomic E-state index is -0.0916. The second-order valence-corrected chi connectivity index (χ2v) is 8.70. The fraction of sp³-hybridized carbons (Fsp3) is 0.480. The van der Waals surface area contributed by atoms with E-state index < -0.39 is 0 Å². The molecule has 3 aliphatic rings. The van der Waals surface area contributed by atoms with Crippen LogP contribution < -0.4 is 0 Å². The van der Waals surface area contributed by atoms with E-state index in [1.165, 1.54) is 35.1 Å². The minimum absolute atomic E-state index is 0.0916. The largest absolute Gasteiger partial charge is 0.448 e. The molecule has 3 nitrogen and oxygen atoms in total. The van der Waals surface area contributed by atoms with Gasteiger partial charge >= 0.3 is 6.09 Å². The Balaban J connectivity index is 1.33. The molecule has 146 valence electrons. The van der Waals surface area contributed by atoms with Crippen LogP contribution in [-0.4, -0.2) is 29.7 Å². The van der Waals surface area contributed by atoms with Gasteiger partial charge in [-0.05, 0) is 60.3 Å². The third-order valence-electron chi connectivity index (χ3n) is 7.20. The van der Waals surface area contributed by atoms with E-state index in [1.807, 2.05) is 0 Å². The molecule has 2 fully saturated rings. The van der Waals surface area contributed by atoms with Crippen LogP contribution in [0.3, 0.4) is 0 Å². The summed E-state index contributed by atoms with van der Waals surface area (Å²) in [5.41, 5.74) is 5.11. The zero-order valence-corrected chi connectivity index (χ0v) is 16.6. The highest BCUT2D eigenvalue weighted by Crippen LogP contribution is 2.45. The Morgan fingerprint density at radius 1 is 0.964 bits per heavy atom. The first-order valence-electron chi connectivity index (χ1n) is 10.9. The molecule has 2 bridgehead atoms. The Morgan fingerprint density at radius 2 is 1.54 bits per heavy atom. The van der Waals surface area contributed by atoms with Gasteiger partial charge in [0.15, 0.2) is 0 Å². The van der Waals surface area contributed by atoms with Crippen LogP contribution in [0.25, 0.3) is 11.1 Å². The number of fused-ring (bicyclic) bond motifs is 5. The number of amides is 1. The third kappa shape index (κ3) is 2.92. The Morgan fingerprint density at radius 3 is 2.11 bits per heavy atom. The number of carbonyl (C=O) groups excluding carboxylic acids is 1. The quantitative estimate of drug-likeness (QED) is 0.660. The number of hydrogen-bond donors (Lipinski definition) is 0. The number of carbonyl (C=O) groups is 1. The van der Waals surface area contributed by atoms with Crippen molar-refractivity contribution in [2.24, 2.45) is 5.92 Å². The average Bonchev–Trinajstić information content (AvgIpc) is 3.05. The van der Waals surface area contributed by atoms with Gasteiger partial charge in [-0.15, -0.1) is 0 Å². The summed E-state index contributed by atoms with van der Waals surface area (Å²) in [4.78, 5) is 15.2. The number of piperidine rings is 2. The van der Waals surface area contributed by atoms with Gasteiger partial charge in [-0.3, -0.25) is 0 Å². The SMILES string of the molecule is CCC1CC2CCCC(C1)N2C(=O)OCC1c2ccccc2-c2ccccc21. The van der Waals surface area contributed by atoms with E-state index in [4.69, 9.17) is 4.74 Å². The van der Waals surface area contributed by atoms with Crippen LogP contribution in [-0.2, 0) is 4.74 Å². The van der Waals surface area contributed by atoms with Crippen LogP contribution in [0.2, 0.25) is 0 Å². The Kier molecular flexibility index (Phi) is 4.62. The van der Waals surface area contributed by atoms with E-state index >= 15 is 0 Å². The molecular formula is C25H29NO2. The molecule has 2 heterocycles. The topological polar surface area (TPSA) is 29.5 Å². The fourth-order valence-electron chi connectivity index (χ4n) is 5.79. The molecule has 0 N–H and O–H groups in total. The molecule has 2 aromatic rings. The first-order valence-corrected chi connectivity index (χ1v) is 10.9. The lowest BCUT2D eigenvalue weighted by molar-refractivity contribution is 0.00454.